The highest BCUT2D eigenvalue weighted by molar-refractivity contribution is 5.75. The average Bonchev–Trinajstić information content (AvgIpc) is 2.65. The molecule has 28 heavy (non-hydrogen) atoms. The second kappa shape index (κ2) is 9.57. The number of carbonyl (C=O) groups is 1. The Morgan fingerprint density at radius 3 is 2.50 bits per heavy atom. The van der Waals surface area contributed by atoms with E-state index in [4.69, 9.17) is 10.5 Å². The number of halogens is 3. The van der Waals surface area contributed by atoms with Crippen LogP contribution >= 0.6 is 0 Å². The number of amides is 1. The van der Waals surface area contributed by atoms with Crippen LogP contribution in [0.3, 0.4) is 0 Å². The Morgan fingerprint density at radius 2 is 1.89 bits per heavy atom. The minimum absolute atomic E-state index is 0.0159. The van der Waals surface area contributed by atoms with Crippen molar-refractivity contribution in [3.05, 3.63) is 65.2 Å². The number of benzene rings is 2. The van der Waals surface area contributed by atoms with Crippen LogP contribution in [0.4, 0.5) is 13.2 Å². The molecule has 0 saturated heterocycles. The second-order valence-electron chi connectivity index (χ2n) is 6.55. The van der Waals surface area contributed by atoms with E-state index in [0.29, 0.717) is 12.2 Å². The summed E-state index contributed by atoms with van der Waals surface area (Å²) in [6, 6.07) is 11.8. The number of hydrogen-bond acceptors (Lipinski definition) is 4. The maximum absolute atomic E-state index is 12.8. The van der Waals surface area contributed by atoms with Crippen LogP contribution in [-0.4, -0.2) is 30.2 Å². The number of carbonyl (C=O) groups excluding carboxylic acids is 1. The number of alkyl halides is 3. The molecule has 5 nitrogen and oxygen atoms in total. The Labute approximate surface area is 161 Å². The lowest BCUT2D eigenvalue weighted by Gasteiger charge is -2.18. The molecule has 1 amide bonds. The van der Waals surface area contributed by atoms with Gasteiger partial charge in [-0.05, 0) is 48.7 Å². The van der Waals surface area contributed by atoms with Gasteiger partial charge in [0.1, 0.15) is 5.75 Å². The summed E-state index contributed by atoms with van der Waals surface area (Å²) >= 11 is 0. The highest BCUT2D eigenvalue weighted by atomic mass is 19.4. The molecule has 0 aliphatic carbocycles. The topological polar surface area (TPSA) is 84.6 Å². The fourth-order valence-corrected chi connectivity index (χ4v) is 2.65. The summed E-state index contributed by atoms with van der Waals surface area (Å²) < 4.78 is 43.5. The van der Waals surface area contributed by atoms with Crippen molar-refractivity contribution >= 4 is 5.91 Å². The minimum Gasteiger partial charge on any atom is -0.484 e. The fraction of sp³-hybridized carbons (Fsp3) is 0.350. The Kier molecular flexibility index (Phi) is 7.42. The predicted molar refractivity (Wildman–Crippen MR) is 98.7 cm³/mol. The third-order valence-corrected chi connectivity index (χ3v) is 4.10. The van der Waals surface area contributed by atoms with Gasteiger partial charge in [0.25, 0.3) is 5.91 Å². The normalized spacial score (nSPS) is 13.8. The monoisotopic (exact) mass is 396 g/mol. The zero-order chi connectivity index (χ0) is 20.7. The number of nitrogens with one attached hydrogen (secondary N) is 1. The SMILES string of the molecule is CC(Cc1ccc(OCC(N)=O)cc1)NCC(O)c1cccc(C(F)(F)F)c1. The molecule has 0 fully saturated rings. The molecule has 0 spiro atoms. The van der Waals surface area contributed by atoms with Crippen LogP contribution in [0.15, 0.2) is 48.5 Å². The number of ether oxygens (including phenoxy) is 1. The third kappa shape index (κ3) is 6.86. The largest absolute Gasteiger partial charge is 0.484 e. The Hall–Kier alpha value is -2.58. The van der Waals surface area contributed by atoms with Gasteiger partial charge in [0.15, 0.2) is 6.61 Å². The molecule has 2 rings (SSSR count). The van der Waals surface area contributed by atoms with Crippen molar-refractivity contribution in [2.45, 2.75) is 31.7 Å². The summed E-state index contributed by atoms with van der Waals surface area (Å²) in [7, 11) is 0. The van der Waals surface area contributed by atoms with Crippen molar-refractivity contribution in [2.75, 3.05) is 13.2 Å². The van der Waals surface area contributed by atoms with Crippen LogP contribution in [0.2, 0.25) is 0 Å². The van der Waals surface area contributed by atoms with Gasteiger partial charge in [-0.3, -0.25) is 4.79 Å². The molecule has 2 aromatic carbocycles. The molecule has 152 valence electrons. The van der Waals surface area contributed by atoms with E-state index in [1.165, 1.54) is 12.1 Å². The first-order valence-corrected chi connectivity index (χ1v) is 8.74. The van der Waals surface area contributed by atoms with Crippen LogP contribution in [0.25, 0.3) is 0 Å². The van der Waals surface area contributed by atoms with Gasteiger partial charge in [0.05, 0.1) is 11.7 Å². The van der Waals surface area contributed by atoms with Gasteiger partial charge in [0.2, 0.25) is 0 Å². The van der Waals surface area contributed by atoms with Crippen molar-refractivity contribution < 1.29 is 27.8 Å². The molecule has 4 N–H and O–H groups in total. The second-order valence-corrected chi connectivity index (χ2v) is 6.55. The zero-order valence-corrected chi connectivity index (χ0v) is 15.4. The van der Waals surface area contributed by atoms with E-state index in [1.54, 1.807) is 12.1 Å². The first kappa shape index (κ1) is 21.7. The van der Waals surface area contributed by atoms with Gasteiger partial charge >= 0.3 is 6.18 Å². The van der Waals surface area contributed by atoms with Gasteiger partial charge in [-0.15, -0.1) is 0 Å². The van der Waals surface area contributed by atoms with Crippen molar-refractivity contribution in [3.63, 3.8) is 0 Å². The van der Waals surface area contributed by atoms with Gasteiger partial charge < -0.3 is 20.9 Å². The molecule has 2 unspecified atom stereocenters. The summed E-state index contributed by atoms with van der Waals surface area (Å²) in [5.41, 5.74) is 5.45. The van der Waals surface area contributed by atoms with Crippen LogP contribution in [0, 0.1) is 0 Å². The highest BCUT2D eigenvalue weighted by Gasteiger charge is 2.30. The Bertz CT molecular complexity index is 779. The van der Waals surface area contributed by atoms with E-state index < -0.39 is 23.8 Å². The van der Waals surface area contributed by atoms with E-state index in [-0.39, 0.29) is 24.8 Å². The van der Waals surface area contributed by atoms with E-state index in [2.05, 4.69) is 5.32 Å². The first-order chi connectivity index (χ1) is 13.1. The standard InChI is InChI=1S/C20H23F3N2O3/c1-13(9-14-5-7-17(8-6-14)28-12-19(24)27)25-11-18(26)15-3-2-4-16(10-15)20(21,22)23/h2-8,10,13,18,25-26H,9,11-12H2,1H3,(H2,24,27). The van der Waals surface area contributed by atoms with Gasteiger partial charge in [-0.1, -0.05) is 24.3 Å². The van der Waals surface area contributed by atoms with Crippen LogP contribution in [0.5, 0.6) is 5.75 Å². The van der Waals surface area contributed by atoms with E-state index in [0.717, 1.165) is 17.7 Å². The van der Waals surface area contributed by atoms with E-state index >= 15 is 0 Å². The summed E-state index contributed by atoms with van der Waals surface area (Å²) in [5, 5.41) is 13.3. The molecule has 2 atom stereocenters. The number of nitrogens with two attached hydrogens (primary N) is 1. The quantitative estimate of drug-likeness (QED) is 0.609. The molecular weight excluding hydrogens is 373 g/mol. The van der Waals surface area contributed by atoms with Gasteiger partial charge in [-0.2, -0.15) is 13.2 Å². The molecule has 0 radical (unpaired) electrons. The van der Waals surface area contributed by atoms with Gasteiger partial charge in [0, 0.05) is 12.6 Å². The van der Waals surface area contributed by atoms with Crippen molar-refractivity contribution in [3.8, 4) is 5.75 Å². The maximum atomic E-state index is 12.8. The molecular formula is C20H23F3N2O3. The lowest BCUT2D eigenvalue weighted by molar-refractivity contribution is -0.137. The third-order valence-electron chi connectivity index (χ3n) is 4.10. The number of aliphatic hydroxyl groups is 1. The zero-order valence-electron chi connectivity index (χ0n) is 15.4. The lowest BCUT2D eigenvalue weighted by Crippen LogP contribution is -2.32. The van der Waals surface area contributed by atoms with Crippen LogP contribution in [-0.2, 0) is 17.4 Å². The van der Waals surface area contributed by atoms with Crippen molar-refractivity contribution in [1.29, 1.82) is 0 Å². The minimum atomic E-state index is -4.44. The van der Waals surface area contributed by atoms with Crippen molar-refractivity contribution in [2.24, 2.45) is 5.73 Å². The Balaban J connectivity index is 1.85. The van der Waals surface area contributed by atoms with E-state index in [9.17, 15) is 23.1 Å². The number of primary amides is 1. The van der Waals surface area contributed by atoms with Gasteiger partial charge in [-0.25, -0.2) is 0 Å². The summed E-state index contributed by atoms with van der Waals surface area (Å²) in [5.74, 6) is -0.0237. The molecule has 0 bridgehead atoms. The molecule has 0 heterocycles. The first-order valence-electron chi connectivity index (χ1n) is 8.74. The van der Waals surface area contributed by atoms with Crippen molar-refractivity contribution in [1.82, 2.24) is 5.32 Å². The lowest BCUT2D eigenvalue weighted by atomic mass is 10.0. The molecule has 0 aromatic heterocycles. The predicted octanol–water partition coefficient (Wildman–Crippen LogP) is 2.82. The smallest absolute Gasteiger partial charge is 0.416 e. The maximum Gasteiger partial charge on any atom is 0.416 e. The number of hydrogen-bond donors (Lipinski definition) is 3. The molecule has 2 aromatic rings. The van der Waals surface area contributed by atoms with Crippen LogP contribution < -0.4 is 15.8 Å². The van der Waals surface area contributed by atoms with Crippen LogP contribution in [0.1, 0.15) is 29.7 Å². The molecule has 8 heteroatoms. The summed E-state index contributed by atoms with van der Waals surface area (Å²) in [6.07, 6.45) is -4.84. The van der Waals surface area contributed by atoms with E-state index in [1.807, 2.05) is 19.1 Å². The number of rotatable bonds is 9. The average molecular weight is 396 g/mol. The number of aliphatic hydroxyl groups excluding tert-OH is 1. The Morgan fingerprint density at radius 1 is 1.21 bits per heavy atom. The fourth-order valence-electron chi connectivity index (χ4n) is 2.65. The molecule has 0 saturated carbocycles. The summed E-state index contributed by atoms with van der Waals surface area (Å²) in [4.78, 5) is 10.7. The highest BCUT2D eigenvalue weighted by Crippen LogP contribution is 2.30. The molecule has 0 aliphatic rings. The molecule has 0 aliphatic heterocycles. The summed E-state index contributed by atoms with van der Waals surface area (Å²) in [6.45, 7) is 1.85.